The maximum Gasteiger partial charge on any atom is 0.337 e. The fraction of sp³-hybridized carbons (Fsp3) is 1.00. The Bertz CT molecular complexity index is 245. The van der Waals surface area contributed by atoms with Crippen LogP contribution in [0, 0.1) is 0 Å². The van der Waals surface area contributed by atoms with E-state index in [1.54, 1.807) is 0 Å². The average Bonchev–Trinajstić information content (AvgIpc) is 2.66. The Morgan fingerprint density at radius 1 is 1.45 bits per heavy atom. The van der Waals surface area contributed by atoms with E-state index in [1.807, 2.05) is 0 Å². The Kier molecular flexibility index (Phi) is 2.26. The molecule has 0 N–H and O–H groups in total. The molecule has 0 spiro atoms. The largest absolute Gasteiger partial charge is 0.337 e. The van der Waals surface area contributed by atoms with Crippen LogP contribution >= 0.6 is 15.9 Å². The minimum absolute atomic E-state index is 0.118. The highest BCUT2D eigenvalue weighted by Gasteiger charge is 2.57. The Morgan fingerprint density at radius 3 is 2.00 bits per heavy atom. The molecule has 0 aromatic carbocycles. The molecule has 1 rings (SSSR count). The van der Waals surface area contributed by atoms with Crippen molar-refractivity contribution in [3.05, 3.63) is 0 Å². The molecule has 1 aliphatic rings. The highest BCUT2D eigenvalue weighted by atomic mass is 79.9. The molecule has 6 heteroatoms. The molecule has 0 saturated heterocycles. The van der Waals surface area contributed by atoms with E-state index < -0.39 is 20.3 Å². The molecule has 0 atom stereocenters. The zero-order valence-corrected chi connectivity index (χ0v) is 7.96. The second-order valence-electron chi connectivity index (χ2n) is 2.62. The topological polar surface area (TPSA) is 34.1 Å². The van der Waals surface area contributed by atoms with Crippen molar-refractivity contribution in [2.75, 3.05) is 5.33 Å². The molecule has 66 valence electrons. The molecule has 1 fully saturated rings. The number of hydrogen-bond donors (Lipinski definition) is 0. The molecule has 1 aliphatic carbocycles. The van der Waals surface area contributed by atoms with Crippen LogP contribution in [0.1, 0.15) is 12.8 Å². The molecular weight excluding hydrogens is 242 g/mol. The van der Waals surface area contributed by atoms with Crippen LogP contribution in [0.5, 0.6) is 0 Å². The van der Waals surface area contributed by atoms with Crippen molar-refractivity contribution in [2.24, 2.45) is 0 Å². The van der Waals surface area contributed by atoms with Gasteiger partial charge in [0, 0.05) is 5.33 Å². The van der Waals surface area contributed by atoms with Crippen LogP contribution in [-0.4, -0.2) is 24.3 Å². The van der Waals surface area contributed by atoms with Crippen molar-refractivity contribution >= 4 is 25.8 Å². The van der Waals surface area contributed by atoms with Gasteiger partial charge in [-0.15, -0.1) is 0 Å². The van der Waals surface area contributed by atoms with Crippen molar-refractivity contribution in [3.8, 4) is 0 Å². The summed E-state index contributed by atoms with van der Waals surface area (Å²) < 4.78 is 44.4. The Balaban J connectivity index is 2.90. The van der Waals surface area contributed by atoms with E-state index in [1.165, 1.54) is 0 Å². The van der Waals surface area contributed by atoms with Crippen LogP contribution in [0.4, 0.5) is 8.78 Å². The van der Waals surface area contributed by atoms with Gasteiger partial charge >= 0.3 is 5.76 Å². The number of alkyl halides is 3. The summed E-state index contributed by atoms with van der Waals surface area (Å²) in [5.41, 5.74) is 0. The summed E-state index contributed by atoms with van der Waals surface area (Å²) in [5, 5.41) is 0.118. The fourth-order valence-corrected chi connectivity index (χ4v) is 3.54. The van der Waals surface area contributed by atoms with Crippen LogP contribution < -0.4 is 0 Å². The van der Waals surface area contributed by atoms with Crippen LogP contribution in [0.15, 0.2) is 0 Å². The molecule has 0 aromatic rings. The molecule has 0 aromatic heterocycles. The first-order valence-corrected chi connectivity index (χ1v) is 5.71. The van der Waals surface area contributed by atoms with Gasteiger partial charge in [-0.3, -0.25) is 0 Å². The second-order valence-corrected chi connectivity index (χ2v) is 5.50. The predicted molar refractivity (Wildman–Crippen MR) is 40.7 cm³/mol. The van der Waals surface area contributed by atoms with E-state index in [0.717, 1.165) is 0 Å². The summed E-state index contributed by atoms with van der Waals surface area (Å²) >= 11 is 2.92. The number of hydrogen-bond acceptors (Lipinski definition) is 2. The van der Waals surface area contributed by atoms with Gasteiger partial charge in [0.2, 0.25) is 9.84 Å². The van der Waals surface area contributed by atoms with Crippen LogP contribution in [-0.2, 0) is 9.84 Å². The van der Waals surface area contributed by atoms with E-state index in [0.29, 0.717) is 12.8 Å². The van der Waals surface area contributed by atoms with Gasteiger partial charge in [0.1, 0.15) is 0 Å². The molecule has 1 saturated carbocycles. The van der Waals surface area contributed by atoms with Gasteiger partial charge in [-0.05, 0) is 12.8 Å². The summed E-state index contributed by atoms with van der Waals surface area (Å²) in [6, 6.07) is 0. The Hall–Kier alpha value is 0.290. The Labute approximate surface area is 72.0 Å². The van der Waals surface area contributed by atoms with Crippen molar-refractivity contribution in [1.82, 2.24) is 0 Å². The summed E-state index contributed by atoms with van der Waals surface area (Å²) in [4.78, 5) is 0. The molecule has 2 nitrogen and oxygen atoms in total. The van der Waals surface area contributed by atoms with Gasteiger partial charge in [0.05, 0.1) is 4.75 Å². The van der Waals surface area contributed by atoms with Crippen LogP contribution in [0.25, 0.3) is 0 Å². The maximum absolute atomic E-state index is 11.9. The number of halogens is 3. The molecule has 0 heterocycles. The zero-order chi connectivity index (χ0) is 8.70. The minimum atomic E-state index is -4.20. The summed E-state index contributed by atoms with van der Waals surface area (Å²) in [6.45, 7) is 0. The predicted octanol–water partition coefficient (Wildman–Crippen LogP) is 1.55. The van der Waals surface area contributed by atoms with Crippen LogP contribution in [0.3, 0.4) is 0 Å². The van der Waals surface area contributed by atoms with Gasteiger partial charge in [-0.1, -0.05) is 15.9 Å². The van der Waals surface area contributed by atoms with Crippen LogP contribution in [0.2, 0.25) is 0 Å². The zero-order valence-electron chi connectivity index (χ0n) is 5.56. The molecule has 0 aliphatic heterocycles. The third-order valence-corrected chi connectivity index (χ3v) is 5.56. The number of sulfone groups is 1. The van der Waals surface area contributed by atoms with E-state index in [2.05, 4.69) is 15.9 Å². The molecular formula is C5H7BrF2O2S. The van der Waals surface area contributed by atoms with E-state index in [9.17, 15) is 17.2 Å². The van der Waals surface area contributed by atoms with Gasteiger partial charge < -0.3 is 0 Å². The lowest BCUT2D eigenvalue weighted by atomic mass is 10.5. The third kappa shape index (κ3) is 1.30. The summed E-state index contributed by atoms with van der Waals surface area (Å²) in [6.07, 6.45) is 0.704. The SMILES string of the molecule is O=S(=O)(C(F)F)C1(CBr)CC1. The smallest absolute Gasteiger partial charge is 0.222 e. The monoisotopic (exact) mass is 248 g/mol. The standard InChI is InChI=1S/C5H7BrF2O2S/c6-3-5(1-2-5)11(9,10)4(7)8/h4H,1-3H2. The van der Waals surface area contributed by atoms with Gasteiger partial charge in [0.25, 0.3) is 0 Å². The van der Waals surface area contributed by atoms with Crippen molar-refractivity contribution in [1.29, 1.82) is 0 Å². The first-order chi connectivity index (χ1) is 4.96. The highest BCUT2D eigenvalue weighted by molar-refractivity contribution is 9.09. The van der Waals surface area contributed by atoms with E-state index >= 15 is 0 Å². The third-order valence-electron chi connectivity index (χ3n) is 1.89. The van der Waals surface area contributed by atoms with Crippen molar-refractivity contribution in [3.63, 3.8) is 0 Å². The second kappa shape index (κ2) is 2.65. The van der Waals surface area contributed by atoms with E-state index in [4.69, 9.17) is 0 Å². The lowest BCUT2D eigenvalue weighted by Gasteiger charge is -2.10. The molecule has 0 unspecified atom stereocenters. The maximum atomic E-state index is 11.9. The van der Waals surface area contributed by atoms with E-state index in [-0.39, 0.29) is 5.33 Å². The Morgan fingerprint density at radius 2 is 1.91 bits per heavy atom. The molecule has 11 heavy (non-hydrogen) atoms. The quantitative estimate of drug-likeness (QED) is 0.711. The number of rotatable bonds is 3. The first kappa shape index (κ1) is 9.38. The fourth-order valence-electron chi connectivity index (χ4n) is 0.823. The molecule has 0 radical (unpaired) electrons. The highest BCUT2D eigenvalue weighted by Crippen LogP contribution is 2.47. The first-order valence-electron chi connectivity index (χ1n) is 3.04. The van der Waals surface area contributed by atoms with Crippen molar-refractivity contribution in [2.45, 2.75) is 23.3 Å². The molecule has 0 bridgehead atoms. The summed E-state index contributed by atoms with van der Waals surface area (Å²) in [5.74, 6) is -3.23. The summed E-state index contributed by atoms with van der Waals surface area (Å²) in [7, 11) is -4.20. The van der Waals surface area contributed by atoms with Gasteiger partial charge in [-0.2, -0.15) is 8.78 Å². The lowest BCUT2D eigenvalue weighted by Crippen LogP contribution is -2.30. The lowest BCUT2D eigenvalue weighted by molar-refractivity contribution is 0.232. The average molecular weight is 249 g/mol. The molecule has 0 amide bonds. The van der Waals surface area contributed by atoms with Gasteiger partial charge in [0.15, 0.2) is 0 Å². The normalized spacial score (nSPS) is 22.2. The van der Waals surface area contributed by atoms with Crippen molar-refractivity contribution < 1.29 is 17.2 Å². The van der Waals surface area contributed by atoms with Gasteiger partial charge in [-0.25, -0.2) is 8.42 Å². The minimum Gasteiger partial charge on any atom is -0.222 e.